The van der Waals surface area contributed by atoms with Crippen molar-refractivity contribution in [2.45, 2.75) is 25.7 Å². The van der Waals surface area contributed by atoms with Crippen molar-refractivity contribution in [1.82, 2.24) is 25.7 Å². The molecule has 0 saturated heterocycles. The number of carbonyl (C=O) groups excluding carboxylic acids is 1. The second-order valence-corrected chi connectivity index (χ2v) is 6.49. The van der Waals surface area contributed by atoms with Crippen LogP contribution in [0.5, 0.6) is 0 Å². The van der Waals surface area contributed by atoms with Gasteiger partial charge in [0.15, 0.2) is 11.5 Å². The zero-order valence-corrected chi connectivity index (χ0v) is 15.3. The van der Waals surface area contributed by atoms with E-state index in [0.717, 1.165) is 42.7 Å². The Hall–Kier alpha value is -3.49. The van der Waals surface area contributed by atoms with Crippen molar-refractivity contribution < 1.29 is 9.32 Å². The topological polar surface area (TPSA) is 118 Å². The monoisotopic (exact) mass is 379 g/mol. The summed E-state index contributed by atoms with van der Waals surface area (Å²) in [5.41, 5.74) is 2.22. The molecule has 0 radical (unpaired) electrons. The summed E-state index contributed by atoms with van der Waals surface area (Å²) in [7, 11) is 0. The number of carbonyl (C=O) groups is 1. The SMILES string of the molecule is O=C(NCCNc1ccc(Nc2cccnc2)nn1)c1noc2c1CCCC2. The Bertz CT molecular complexity index is 925. The second-order valence-electron chi connectivity index (χ2n) is 6.49. The first-order valence-electron chi connectivity index (χ1n) is 9.30. The van der Waals surface area contributed by atoms with Gasteiger partial charge in [0.05, 0.1) is 11.9 Å². The Morgan fingerprint density at radius 1 is 1.07 bits per heavy atom. The molecule has 0 unspecified atom stereocenters. The Balaban J connectivity index is 1.23. The standard InChI is InChI=1S/C19H21N7O2/c27-19(18-14-5-1-2-6-15(14)28-26-18)22-11-10-21-16-7-8-17(25-24-16)23-13-4-3-9-20-12-13/h3-4,7-9,12H,1-2,5-6,10-11H2,(H,21,24)(H,22,27)(H,23,25). The number of pyridine rings is 1. The van der Waals surface area contributed by atoms with E-state index in [1.54, 1.807) is 12.4 Å². The molecule has 0 bridgehead atoms. The largest absolute Gasteiger partial charge is 0.367 e. The van der Waals surface area contributed by atoms with Gasteiger partial charge in [-0.2, -0.15) is 0 Å². The number of hydrogen-bond acceptors (Lipinski definition) is 8. The van der Waals surface area contributed by atoms with Gasteiger partial charge in [-0.15, -0.1) is 10.2 Å². The van der Waals surface area contributed by atoms with Crippen LogP contribution in [0.2, 0.25) is 0 Å². The molecule has 3 heterocycles. The Morgan fingerprint density at radius 2 is 1.93 bits per heavy atom. The van der Waals surface area contributed by atoms with E-state index < -0.39 is 0 Å². The van der Waals surface area contributed by atoms with Crippen molar-refractivity contribution in [2.75, 3.05) is 23.7 Å². The van der Waals surface area contributed by atoms with Gasteiger partial charge in [-0.05, 0) is 43.5 Å². The predicted octanol–water partition coefficient (Wildman–Crippen LogP) is 2.32. The molecule has 9 heteroatoms. The molecule has 28 heavy (non-hydrogen) atoms. The van der Waals surface area contributed by atoms with Crippen LogP contribution in [0.4, 0.5) is 17.3 Å². The van der Waals surface area contributed by atoms with Crippen LogP contribution in [0.1, 0.15) is 34.7 Å². The number of hydrogen-bond donors (Lipinski definition) is 3. The van der Waals surface area contributed by atoms with Crippen LogP contribution in [0.3, 0.4) is 0 Å². The summed E-state index contributed by atoms with van der Waals surface area (Å²) in [5, 5.41) is 21.3. The number of nitrogens with one attached hydrogen (secondary N) is 3. The van der Waals surface area contributed by atoms with Crippen molar-refractivity contribution in [1.29, 1.82) is 0 Å². The van der Waals surface area contributed by atoms with Gasteiger partial charge in [0.2, 0.25) is 0 Å². The molecule has 0 aromatic carbocycles. The van der Waals surface area contributed by atoms with Gasteiger partial charge in [-0.3, -0.25) is 9.78 Å². The highest BCUT2D eigenvalue weighted by molar-refractivity contribution is 5.93. The average Bonchev–Trinajstić information content (AvgIpc) is 3.17. The molecule has 3 N–H and O–H groups in total. The molecule has 9 nitrogen and oxygen atoms in total. The predicted molar refractivity (Wildman–Crippen MR) is 104 cm³/mol. The lowest BCUT2D eigenvalue weighted by Gasteiger charge is -2.10. The van der Waals surface area contributed by atoms with Gasteiger partial charge in [0, 0.05) is 31.3 Å². The lowest BCUT2D eigenvalue weighted by atomic mass is 9.96. The molecule has 0 aliphatic heterocycles. The van der Waals surface area contributed by atoms with Crippen LogP contribution in [0.15, 0.2) is 41.2 Å². The minimum atomic E-state index is -0.198. The first-order chi connectivity index (χ1) is 13.8. The molecule has 0 atom stereocenters. The first-order valence-corrected chi connectivity index (χ1v) is 9.30. The Kier molecular flexibility index (Phi) is 5.41. The zero-order chi connectivity index (χ0) is 19.2. The van der Waals surface area contributed by atoms with E-state index in [-0.39, 0.29) is 5.91 Å². The maximum Gasteiger partial charge on any atom is 0.273 e. The number of anilines is 3. The Labute approximate surface area is 161 Å². The van der Waals surface area contributed by atoms with Crippen molar-refractivity contribution in [3.63, 3.8) is 0 Å². The van der Waals surface area contributed by atoms with Crippen LogP contribution in [0, 0.1) is 0 Å². The smallest absolute Gasteiger partial charge is 0.273 e. The lowest BCUT2D eigenvalue weighted by Crippen LogP contribution is -2.30. The molecule has 144 valence electrons. The summed E-state index contributed by atoms with van der Waals surface area (Å²) in [6.07, 6.45) is 7.30. The fourth-order valence-corrected chi connectivity index (χ4v) is 3.09. The van der Waals surface area contributed by atoms with Crippen LogP contribution >= 0.6 is 0 Å². The highest BCUT2D eigenvalue weighted by Gasteiger charge is 2.23. The highest BCUT2D eigenvalue weighted by Crippen LogP contribution is 2.24. The fraction of sp³-hybridized carbons (Fsp3) is 0.316. The van der Waals surface area contributed by atoms with E-state index in [2.05, 4.69) is 36.3 Å². The van der Waals surface area contributed by atoms with E-state index in [4.69, 9.17) is 4.52 Å². The number of aryl methyl sites for hydroxylation is 1. The second kappa shape index (κ2) is 8.47. The molecule has 3 aromatic heterocycles. The van der Waals surface area contributed by atoms with Gasteiger partial charge in [-0.1, -0.05) is 5.16 Å². The molecule has 1 aliphatic carbocycles. The third-order valence-corrected chi connectivity index (χ3v) is 4.48. The third-order valence-electron chi connectivity index (χ3n) is 4.48. The highest BCUT2D eigenvalue weighted by atomic mass is 16.5. The van der Waals surface area contributed by atoms with Crippen molar-refractivity contribution >= 4 is 23.2 Å². The summed E-state index contributed by atoms with van der Waals surface area (Å²) < 4.78 is 5.28. The number of fused-ring (bicyclic) bond motifs is 1. The molecular weight excluding hydrogens is 358 g/mol. The molecule has 0 fully saturated rings. The maximum absolute atomic E-state index is 12.3. The molecule has 0 saturated carbocycles. The van der Waals surface area contributed by atoms with Gasteiger partial charge >= 0.3 is 0 Å². The van der Waals surface area contributed by atoms with Crippen LogP contribution in [-0.4, -0.2) is 39.3 Å². The minimum absolute atomic E-state index is 0.198. The molecule has 3 aromatic rings. The van der Waals surface area contributed by atoms with Crippen LogP contribution in [0.25, 0.3) is 0 Å². The number of aromatic nitrogens is 4. The van der Waals surface area contributed by atoms with Crippen molar-refractivity contribution in [2.24, 2.45) is 0 Å². The van der Waals surface area contributed by atoms with Crippen molar-refractivity contribution in [3.8, 4) is 0 Å². The zero-order valence-electron chi connectivity index (χ0n) is 15.3. The first kappa shape index (κ1) is 17.9. The van der Waals surface area contributed by atoms with E-state index in [1.165, 1.54) is 0 Å². The van der Waals surface area contributed by atoms with E-state index in [1.807, 2.05) is 24.3 Å². The van der Waals surface area contributed by atoms with Crippen LogP contribution in [-0.2, 0) is 12.8 Å². The summed E-state index contributed by atoms with van der Waals surface area (Å²) in [4.78, 5) is 16.3. The summed E-state index contributed by atoms with van der Waals surface area (Å²) >= 11 is 0. The quantitative estimate of drug-likeness (QED) is 0.535. The fourth-order valence-electron chi connectivity index (χ4n) is 3.09. The lowest BCUT2D eigenvalue weighted by molar-refractivity contribution is 0.0945. The molecular formula is C19H21N7O2. The number of nitrogens with zero attached hydrogens (tertiary/aromatic N) is 4. The molecule has 1 aliphatic rings. The van der Waals surface area contributed by atoms with E-state index in [9.17, 15) is 4.79 Å². The summed E-state index contributed by atoms with van der Waals surface area (Å²) in [6, 6.07) is 7.38. The summed E-state index contributed by atoms with van der Waals surface area (Å²) in [5.74, 6) is 1.91. The van der Waals surface area contributed by atoms with Crippen molar-refractivity contribution in [3.05, 3.63) is 53.7 Å². The molecule has 4 rings (SSSR count). The van der Waals surface area contributed by atoms with E-state index in [0.29, 0.717) is 30.4 Å². The van der Waals surface area contributed by atoms with Gasteiger partial charge in [-0.25, -0.2) is 0 Å². The molecule has 0 spiro atoms. The Morgan fingerprint density at radius 3 is 2.75 bits per heavy atom. The van der Waals surface area contributed by atoms with Crippen LogP contribution < -0.4 is 16.0 Å². The number of rotatable bonds is 7. The minimum Gasteiger partial charge on any atom is -0.367 e. The van der Waals surface area contributed by atoms with Gasteiger partial charge in [0.25, 0.3) is 5.91 Å². The summed E-state index contributed by atoms with van der Waals surface area (Å²) in [6.45, 7) is 0.966. The molecule has 1 amide bonds. The van der Waals surface area contributed by atoms with E-state index >= 15 is 0 Å². The maximum atomic E-state index is 12.3. The average molecular weight is 379 g/mol. The van der Waals surface area contributed by atoms with Gasteiger partial charge in [0.1, 0.15) is 11.6 Å². The number of amides is 1. The third kappa shape index (κ3) is 4.25. The normalized spacial score (nSPS) is 12.9. The van der Waals surface area contributed by atoms with Gasteiger partial charge < -0.3 is 20.5 Å².